The monoisotopic (exact) mass is 578 g/mol. The highest BCUT2D eigenvalue weighted by atomic mass is 19.1. The molecule has 3 aromatic carbocycles. The Bertz CT molecular complexity index is 1730. The van der Waals surface area contributed by atoms with Crippen LogP contribution in [0.5, 0.6) is 17.4 Å². The first-order chi connectivity index (χ1) is 20.9. The molecule has 0 fully saturated rings. The van der Waals surface area contributed by atoms with E-state index in [-0.39, 0.29) is 23.6 Å². The fraction of sp³-hybridized carbons (Fsp3) is 0.0909. The Labute approximate surface area is 247 Å². The Morgan fingerprint density at radius 1 is 0.837 bits per heavy atom. The number of carbonyl (C=O) groups is 2. The van der Waals surface area contributed by atoms with E-state index in [1.54, 1.807) is 98.1 Å². The molecule has 0 aliphatic carbocycles. The van der Waals surface area contributed by atoms with Crippen LogP contribution in [-0.4, -0.2) is 34.0 Å². The highest BCUT2D eigenvalue weighted by Gasteiger charge is 2.17. The van der Waals surface area contributed by atoms with Crippen LogP contribution in [-0.2, 0) is 6.54 Å². The van der Waals surface area contributed by atoms with Gasteiger partial charge in [-0.1, -0.05) is 36.4 Å². The van der Waals surface area contributed by atoms with Crippen molar-refractivity contribution in [2.75, 3.05) is 7.11 Å². The van der Waals surface area contributed by atoms with Crippen LogP contribution in [0.15, 0.2) is 109 Å². The van der Waals surface area contributed by atoms with Crippen molar-refractivity contribution < 1.29 is 28.6 Å². The van der Waals surface area contributed by atoms with Gasteiger partial charge in [0, 0.05) is 36.1 Å². The number of methoxy groups -OCH3 is 1. The zero-order chi connectivity index (χ0) is 30.2. The fourth-order valence-electron chi connectivity index (χ4n) is 4.20. The predicted molar refractivity (Wildman–Crippen MR) is 157 cm³/mol. The number of aromatic nitrogens is 2. The van der Waals surface area contributed by atoms with Crippen LogP contribution in [0.2, 0.25) is 0 Å². The van der Waals surface area contributed by atoms with Gasteiger partial charge in [-0.15, -0.1) is 0 Å². The number of ether oxygens (including phenoxy) is 2. The predicted octanol–water partition coefficient (Wildman–Crippen LogP) is 5.43. The Hall–Kier alpha value is -5.61. The molecule has 5 rings (SSSR count). The van der Waals surface area contributed by atoms with E-state index >= 15 is 4.39 Å². The summed E-state index contributed by atoms with van der Waals surface area (Å²) in [7, 11) is 1.54. The summed E-state index contributed by atoms with van der Waals surface area (Å²) in [4.78, 5) is 33.7. The van der Waals surface area contributed by atoms with E-state index in [4.69, 9.17) is 9.47 Å². The molecule has 10 heteroatoms. The first kappa shape index (κ1) is 28.9. The molecule has 1 unspecified atom stereocenters. The van der Waals surface area contributed by atoms with Crippen molar-refractivity contribution in [2.45, 2.75) is 12.8 Å². The fourth-order valence-corrected chi connectivity index (χ4v) is 4.20. The van der Waals surface area contributed by atoms with Gasteiger partial charge in [-0.2, -0.15) is 0 Å². The Kier molecular flexibility index (Phi) is 8.99. The van der Waals surface area contributed by atoms with Gasteiger partial charge >= 0.3 is 0 Å². The molecular formula is C33H27FN4O5. The smallest absolute Gasteiger partial charge is 0.257 e. The third kappa shape index (κ3) is 7.19. The van der Waals surface area contributed by atoms with E-state index in [1.165, 1.54) is 18.5 Å². The molecular weight excluding hydrogens is 551 g/mol. The summed E-state index contributed by atoms with van der Waals surface area (Å²) in [5.74, 6) is -0.311. The number of nitrogens with one attached hydrogen (secondary N) is 2. The van der Waals surface area contributed by atoms with Crippen molar-refractivity contribution in [1.29, 1.82) is 0 Å². The molecule has 5 aromatic rings. The lowest BCUT2D eigenvalue weighted by molar-refractivity contribution is 0.0774. The van der Waals surface area contributed by atoms with E-state index in [9.17, 15) is 14.7 Å². The van der Waals surface area contributed by atoms with E-state index in [2.05, 4.69) is 20.6 Å². The lowest BCUT2D eigenvalue weighted by Crippen LogP contribution is -2.28. The maximum atomic E-state index is 15.0. The van der Waals surface area contributed by atoms with E-state index in [0.29, 0.717) is 33.9 Å². The SMILES string of the molecule is COc1cccc(Oc2ncccc2C(=O)NCc2ccc(-c3ccc(C(=O)NC(O)c4ccccn4)cc3)cc2F)c1. The largest absolute Gasteiger partial charge is 0.497 e. The normalized spacial score (nSPS) is 11.3. The van der Waals surface area contributed by atoms with Crippen LogP contribution >= 0.6 is 0 Å². The van der Waals surface area contributed by atoms with Gasteiger partial charge in [-0.3, -0.25) is 14.6 Å². The second-order valence-electron chi connectivity index (χ2n) is 9.33. The summed E-state index contributed by atoms with van der Waals surface area (Å²) in [6, 6.07) is 26.3. The van der Waals surface area contributed by atoms with Gasteiger partial charge in [0.15, 0.2) is 6.23 Å². The number of carbonyl (C=O) groups excluding carboxylic acids is 2. The molecule has 0 saturated carbocycles. The summed E-state index contributed by atoms with van der Waals surface area (Å²) in [6.07, 6.45) is 1.78. The van der Waals surface area contributed by atoms with Gasteiger partial charge in [0.2, 0.25) is 5.88 Å². The number of pyridine rings is 2. The topological polar surface area (TPSA) is 123 Å². The lowest BCUT2D eigenvalue weighted by atomic mass is 10.0. The number of aliphatic hydroxyl groups excluding tert-OH is 1. The molecule has 3 N–H and O–H groups in total. The minimum Gasteiger partial charge on any atom is -0.497 e. The molecule has 2 aromatic heterocycles. The number of hydrogen-bond acceptors (Lipinski definition) is 7. The van der Waals surface area contributed by atoms with Crippen molar-refractivity contribution in [1.82, 2.24) is 20.6 Å². The first-order valence-electron chi connectivity index (χ1n) is 13.2. The highest BCUT2D eigenvalue weighted by molar-refractivity contribution is 5.96. The van der Waals surface area contributed by atoms with Crippen molar-refractivity contribution in [3.05, 3.63) is 138 Å². The zero-order valence-electron chi connectivity index (χ0n) is 23.0. The molecule has 0 spiro atoms. The number of hydrogen-bond donors (Lipinski definition) is 3. The lowest BCUT2D eigenvalue weighted by Gasteiger charge is -2.13. The van der Waals surface area contributed by atoms with Crippen LogP contribution in [0.25, 0.3) is 11.1 Å². The van der Waals surface area contributed by atoms with Crippen LogP contribution in [0.1, 0.15) is 38.2 Å². The highest BCUT2D eigenvalue weighted by Crippen LogP contribution is 2.27. The van der Waals surface area contributed by atoms with Gasteiger partial charge < -0.3 is 25.2 Å². The number of benzene rings is 3. The summed E-state index contributed by atoms with van der Waals surface area (Å²) in [5.41, 5.74) is 2.40. The summed E-state index contributed by atoms with van der Waals surface area (Å²) in [6.45, 7) is -0.0594. The zero-order valence-corrected chi connectivity index (χ0v) is 23.0. The Balaban J connectivity index is 1.21. The van der Waals surface area contributed by atoms with Gasteiger partial charge in [0.1, 0.15) is 22.9 Å². The first-order valence-corrected chi connectivity index (χ1v) is 13.2. The third-order valence-electron chi connectivity index (χ3n) is 6.48. The molecule has 2 amide bonds. The molecule has 0 bridgehead atoms. The standard InChI is InChI=1S/C33H27FN4O5/c1-42-25-6-4-7-26(19-25)43-33-27(8-5-17-36-33)31(40)37-20-24-15-14-23(18-28(24)34)21-10-12-22(13-11-21)30(39)38-32(41)29-9-2-3-16-35-29/h2-19,32,41H,20H2,1H3,(H,37,40)(H,38,39). The summed E-state index contributed by atoms with van der Waals surface area (Å²) in [5, 5.41) is 15.4. The van der Waals surface area contributed by atoms with Gasteiger partial charge in [-0.05, 0) is 65.7 Å². The molecule has 9 nitrogen and oxygen atoms in total. The number of rotatable bonds is 10. The quantitative estimate of drug-likeness (QED) is 0.189. The average Bonchev–Trinajstić information content (AvgIpc) is 3.04. The molecule has 0 radical (unpaired) electrons. The minimum absolute atomic E-state index is 0.0594. The maximum absolute atomic E-state index is 15.0. The van der Waals surface area contributed by atoms with Crippen molar-refractivity contribution in [3.63, 3.8) is 0 Å². The van der Waals surface area contributed by atoms with E-state index < -0.39 is 23.9 Å². The van der Waals surface area contributed by atoms with Gasteiger partial charge in [-0.25, -0.2) is 9.37 Å². The average molecular weight is 579 g/mol. The van der Waals surface area contributed by atoms with Crippen LogP contribution in [0, 0.1) is 5.82 Å². The molecule has 1 atom stereocenters. The third-order valence-corrected chi connectivity index (χ3v) is 6.48. The maximum Gasteiger partial charge on any atom is 0.257 e. The molecule has 0 aliphatic rings. The van der Waals surface area contributed by atoms with Crippen LogP contribution < -0.4 is 20.1 Å². The van der Waals surface area contributed by atoms with E-state index in [1.807, 2.05) is 0 Å². The molecule has 0 saturated heterocycles. The van der Waals surface area contributed by atoms with Crippen LogP contribution in [0.4, 0.5) is 4.39 Å². The summed E-state index contributed by atoms with van der Waals surface area (Å²) < 4.78 is 26.1. The molecule has 43 heavy (non-hydrogen) atoms. The van der Waals surface area contributed by atoms with Crippen molar-refractivity contribution in [2.24, 2.45) is 0 Å². The minimum atomic E-state index is -1.25. The second-order valence-corrected chi connectivity index (χ2v) is 9.33. The molecule has 0 aliphatic heterocycles. The Morgan fingerprint density at radius 3 is 2.35 bits per heavy atom. The second kappa shape index (κ2) is 13.4. The molecule has 216 valence electrons. The van der Waals surface area contributed by atoms with Crippen LogP contribution in [0.3, 0.4) is 0 Å². The summed E-state index contributed by atoms with van der Waals surface area (Å²) >= 11 is 0. The Morgan fingerprint density at radius 2 is 1.60 bits per heavy atom. The number of aliphatic hydroxyl groups is 1. The molecule has 2 heterocycles. The van der Waals surface area contributed by atoms with Gasteiger partial charge in [0.05, 0.1) is 12.8 Å². The van der Waals surface area contributed by atoms with Crippen molar-refractivity contribution >= 4 is 11.8 Å². The number of nitrogens with zero attached hydrogens (tertiary/aromatic N) is 2. The number of halogens is 1. The number of amides is 2. The van der Waals surface area contributed by atoms with E-state index in [0.717, 1.165) is 0 Å². The van der Waals surface area contributed by atoms with Crippen molar-refractivity contribution in [3.8, 4) is 28.5 Å². The van der Waals surface area contributed by atoms with Gasteiger partial charge in [0.25, 0.3) is 11.8 Å².